The zero-order chi connectivity index (χ0) is 16.9. The fourth-order valence-electron chi connectivity index (χ4n) is 2.63. The predicted octanol–water partition coefficient (Wildman–Crippen LogP) is 0.564. The van der Waals surface area contributed by atoms with Gasteiger partial charge in [0.2, 0.25) is 0 Å². The normalized spacial score (nSPS) is 20.2. The average molecular weight is 331 g/mol. The Hall–Kier alpha value is -2.32. The lowest BCUT2D eigenvalue weighted by molar-refractivity contribution is 0.0402. The molecule has 0 unspecified atom stereocenters. The summed E-state index contributed by atoms with van der Waals surface area (Å²) in [6, 6.07) is 7.30. The Bertz CT molecular complexity index is 685. The van der Waals surface area contributed by atoms with Gasteiger partial charge in [-0.3, -0.25) is 4.79 Å². The first-order chi connectivity index (χ1) is 11.7. The quantitative estimate of drug-likeness (QED) is 0.832. The fraction of sp³-hybridized carbons (Fsp3) is 0.500. The van der Waals surface area contributed by atoms with E-state index in [4.69, 9.17) is 9.47 Å². The van der Waals surface area contributed by atoms with Crippen LogP contribution in [0.2, 0.25) is 0 Å². The van der Waals surface area contributed by atoms with Crippen LogP contribution in [0.5, 0.6) is 0 Å². The summed E-state index contributed by atoms with van der Waals surface area (Å²) < 4.78 is 12.7. The van der Waals surface area contributed by atoms with E-state index in [2.05, 4.69) is 20.8 Å². The molecule has 24 heavy (non-hydrogen) atoms. The fourth-order valence-corrected chi connectivity index (χ4v) is 2.63. The molecule has 1 N–H and O–H groups in total. The highest BCUT2D eigenvalue weighted by Gasteiger charge is 2.30. The number of rotatable bonds is 6. The Labute approximate surface area is 140 Å². The molecule has 1 aliphatic heterocycles. The monoisotopic (exact) mass is 331 g/mol. The lowest BCUT2D eigenvalue weighted by Gasteiger charge is -2.19. The van der Waals surface area contributed by atoms with E-state index in [0.717, 1.165) is 11.4 Å². The van der Waals surface area contributed by atoms with E-state index in [1.165, 1.54) is 0 Å². The van der Waals surface area contributed by atoms with Gasteiger partial charge in [0, 0.05) is 12.2 Å². The molecular formula is C16H21N5O3. The maximum atomic E-state index is 12.4. The van der Waals surface area contributed by atoms with Crippen molar-refractivity contribution in [2.24, 2.45) is 0 Å². The van der Waals surface area contributed by atoms with E-state index in [-0.39, 0.29) is 18.1 Å². The maximum absolute atomic E-state index is 12.4. The van der Waals surface area contributed by atoms with Crippen molar-refractivity contribution < 1.29 is 14.3 Å². The molecule has 2 atom stereocenters. The van der Waals surface area contributed by atoms with Gasteiger partial charge in [0.15, 0.2) is 0 Å². The van der Waals surface area contributed by atoms with Crippen molar-refractivity contribution in [3.05, 3.63) is 41.2 Å². The number of aromatic nitrogens is 4. The second kappa shape index (κ2) is 7.50. The van der Waals surface area contributed by atoms with Crippen LogP contribution in [-0.4, -0.2) is 58.1 Å². The van der Waals surface area contributed by atoms with Gasteiger partial charge in [-0.2, -0.15) is 0 Å². The number of nitrogens with one attached hydrogen (secondary N) is 1. The molecule has 1 amide bonds. The highest BCUT2D eigenvalue weighted by Crippen LogP contribution is 2.12. The van der Waals surface area contributed by atoms with Crippen molar-refractivity contribution in [1.82, 2.24) is 25.5 Å². The Morgan fingerprint density at radius 2 is 2.17 bits per heavy atom. The van der Waals surface area contributed by atoms with Crippen LogP contribution < -0.4 is 5.32 Å². The number of aryl methyl sites for hydroxylation is 1. The minimum atomic E-state index is -0.125. The molecule has 0 saturated carbocycles. The standard InChI is InChI=1S/C16H21N5O3/c1-3-24-15-10-23-9-14(15)17-16(22)13-6-4-12(5-7-13)8-21-11(2)18-19-20-21/h4-7,14-15H,3,8-10H2,1-2H3,(H,17,22)/t14-,15-/m0/s1. The molecule has 1 saturated heterocycles. The largest absolute Gasteiger partial charge is 0.376 e. The molecule has 128 valence electrons. The topological polar surface area (TPSA) is 91.2 Å². The molecule has 2 aromatic rings. The number of hydrogen-bond donors (Lipinski definition) is 1. The zero-order valence-electron chi connectivity index (χ0n) is 13.8. The minimum absolute atomic E-state index is 0.0824. The van der Waals surface area contributed by atoms with Crippen molar-refractivity contribution in [1.29, 1.82) is 0 Å². The van der Waals surface area contributed by atoms with Crippen LogP contribution in [0.3, 0.4) is 0 Å². The van der Waals surface area contributed by atoms with Crippen molar-refractivity contribution in [2.75, 3.05) is 19.8 Å². The first-order valence-electron chi connectivity index (χ1n) is 7.99. The predicted molar refractivity (Wildman–Crippen MR) is 85.6 cm³/mol. The van der Waals surface area contributed by atoms with Gasteiger partial charge in [-0.25, -0.2) is 4.68 Å². The molecule has 1 fully saturated rings. The third kappa shape index (κ3) is 3.77. The van der Waals surface area contributed by atoms with Crippen molar-refractivity contribution >= 4 is 5.91 Å². The molecule has 0 radical (unpaired) electrons. The Morgan fingerprint density at radius 1 is 1.38 bits per heavy atom. The van der Waals surface area contributed by atoms with E-state index < -0.39 is 0 Å². The Kier molecular flexibility index (Phi) is 5.17. The summed E-state index contributed by atoms with van der Waals surface area (Å²) >= 11 is 0. The molecule has 8 heteroatoms. The lowest BCUT2D eigenvalue weighted by Crippen LogP contribution is -2.43. The van der Waals surface area contributed by atoms with Gasteiger partial charge < -0.3 is 14.8 Å². The van der Waals surface area contributed by atoms with Gasteiger partial charge in [-0.1, -0.05) is 12.1 Å². The molecule has 0 spiro atoms. The van der Waals surface area contributed by atoms with E-state index in [0.29, 0.717) is 31.9 Å². The highest BCUT2D eigenvalue weighted by atomic mass is 16.5. The van der Waals surface area contributed by atoms with Gasteiger partial charge >= 0.3 is 0 Å². The first-order valence-corrected chi connectivity index (χ1v) is 7.99. The van der Waals surface area contributed by atoms with Crippen molar-refractivity contribution in [3.8, 4) is 0 Å². The number of hydrogen-bond acceptors (Lipinski definition) is 6. The number of ether oxygens (including phenoxy) is 2. The number of carbonyl (C=O) groups excluding carboxylic acids is 1. The lowest BCUT2D eigenvalue weighted by atomic mass is 10.1. The number of nitrogens with zero attached hydrogens (tertiary/aromatic N) is 4. The highest BCUT2D eigenvalue weighted by molar-refractivity contribution is 5.94. The summed E-state index contributed by atoms with van der Waals surface area (Å²) in [6.45, 7) is 5.95. The molecule has 1 aromatic heterocycles. The van der Waals surface area contributed by atoms with Crippen LogP contribution in [0.1, 0.15) is 28.7 Å². The van der Waals surface area contributed by atoms with Crippen molar-refractivity contribution in [2.45, 2.75) is 32.5 Å². The van der Waals surface area contributed by atoms with Crippen LogP contribution in [-0.2, 0) is 16.0 Å². The number of amides is 1. The summed E-state index contributed by atoms with van der Waals surface area (Å²) in [4.78, 5) is 12.4. The molecule has 1 aliphatic rings. The number of benzene rings is 1. The average Bonchev–Trinajstić information content (AvgIpc) is 3.18. The second-order valence-electron chi connectivity index (χ2n) is 5.69. The summed E-state index contributed by atoms with van der Waals surface area (Å²) in [5, 5.41) is 14.4. The van der Waals surface area contributed by atoms with Crippen LogP contribution in [0.15, 0.2) is 24.3 Å². The van der Waals surface area contributed by atoms with Crippen LogP contribution in [0.4, 0.5) is 0 Å². The van der Waals surface area contributed by atoms with Crippen LogP contribution >= 0.6 is 0 Å². The molecule has 2 heterocycles. The smallest absolute Gasteiger partial charge is 0.251 e. The Morgan fingerprint density at radius 3 is 2.83 bits per heavy atom. The van der Waals surface area contributed by atoms with E-state index in [1.54, 1.807) is 16.8 Å². The van der Waals surface area contributed by atoms with Crippen LogP contribution in [0.25, 0.3) is 0 Å². The molecule has 0 aliphatic carbocycles. The molecule has 3 rings (SSSR count). The van der Waals surface area contributed by atoms with Gasteiger partial charge in [0.05, 0.1) is 25.8 Å². The molecule has 0 bridgehead atoms. The summed E-state index contributed by atoms with van der Waals surface area (Å²) in [7, 11) is 0. The van der Waals surface area contributed by atoms with E-state index in [9.17, 15) is 4.79 Å². The second-order valence-corrected chi connectivity index (χ2v) is 5.69. The van der Waals surface area contributed by atoms with Gasteiger partial charge in [-0.15, -0.1) is 5.10 Å². The number of tetrazole rings is 1. The van der Waals surface area contributed by atoms with Crippen LogP contribution in [0, 0.1) is 6.92 Å². The summed E-state index contributed by atoms with van der Waals surface area (Å²) in [6.07, 6.45) is -0.0824. The van der Waals surface area contributed by atoms with Gasteiger partial charge in [0.25, 0.3) is 5.91 Å². The molecular weight excluding hydrogens is 310 g/mol. The van der Waals surface area contributed by atoms with Gasteiger partial charge in [-0.05, 0) is 42.0 Å². The molecule has 1 aromatic carbocycles. The SMILES string of the molecule is CCO[C@H]1COC[C@@H]1NC(=O)c1ccc(Cn2nnnc2C)cc1. The summed E-state index contributed by atoms with van der Waals surface area (Å²) in [5.41, 5.74) is 1.63. The zero-order valence-corrected chi connectivity index (χ0v) is 13.8. The minimum Gasteiger partial charge on any atom is -0.376 e. The number of carbonyl (C=O) groups is 1. The molecule has 8 nitrogen and oxygen atoms in total. The van der Waals surface area contributed by atoms with E-state index in [1.807, 2.05) is 26.0 Å². The van der Waals surface area contributed by atoms with E-state index >= 15 is 0 Å². The maximum Gasteiger partial charge on any atom is 0.251 e. The third-order valence-electron chi connectivity index (χ3n) is 3.98. The van der Waals surface area contributed by atoms with Crippen molar-refractivity contribution in [3.63, 3.8) is 0 Å². The van der Waals surface area contributed by atoms with Gasteiger partial charge in [0.1, 0.15) is 11.9 Å². The third-order valence-corrected chi connectivity index (χ3v) is 3.98. The first kappa shape index (κ1) is 16.5. The summed E-state index contributed by atoms with van der Waals surface area (Å²) in [5.74, 6) is 0.625. The Balaban J connectivity index is 1.60.